The molecule has 1 aromatic carbocycles. The first-order chi connectivity index (χ1) is 14.5. The van der Waals surface area contributed by atoms with Crippen LogP contribution in [0.4, 0.5) is 0 Å². The lowest BCUT2D eigenvalue weighted by Crippen LogP contribution is -2.51. The molecule has 2 amide bonds. The molecule has 30 heavy (non-hydrogen) atoms. The van der Waals surface area contributed by atoms with Crippen molar-refractivity contribution in [3.63, 3.8) is 0 Å². The third-order valence-electron chi connectivity index (χ3n) is 4.94. The highest BCUT2D eigenvalue weighted by Gasteiger charge is 2.23. The van der Waals surface area contributed by atoms with Crippen molar-refractivity contribution in [2.75, 3.05) is 39.3 Å². The van der Waals surface area contributed by atoms with E-state index < -0.39 is 0 Å². The van der Waals surface area contributed by atoms with Gasteiger partial charge in [-0.3, -0.25) is 19.5 Å². The predicted molar refractivity (Wildman–Crippen MR) is 116 cm³/mol. The van der Waals surface area contributed by atoms with E-state index in [0.717, 1.165) is 17.7 Å². The fourth-order valence-electron chi connectivity index (χ4n) is 3.37. The summed E-state index contributed by atoms with van der Waals surface area (Å²) in [6.07, 6.45) is 2.56. The zero-order chi connectivity index (χ0) is 21.3. The molecule has 7 heteroatoms. The third kappa shape index (κ3) is 6.56. The smallest absolute Gasteiger partial charge is 0.272 e. The van der Waals surface area contributed by atoms with E-state index in [1.54, 1.807) is 23.2 Å². The number of rotatable bonds is 8. The number of carbonyl (C=O) groups excluding carboxylic acids is 2. The molecule has 0 saturated carbocycles. The van der Waals surface area contributed by atoms with Crippen molar-refractivity contribution in [1.29, 1.82) is 0 Å². The molecule has 7 nitrogen and oxygen atoms in total. The second-order valence-corrected chi connectivity index (χ2v) is 7.69. The van der Waals surface area contributed by atoms with Crippen LogP contribution >= 0.6 is 0 Å². The average Bonchev–Trinajstić information content (AvgIpc) is 2.75. The van der Waals surface area contributed by atoms with Gasteiger partial charge < -0.3 is 15.0 Å². The van der Waals surface area contributed by atoms with Crippen LogP contribution in [0.2, 0.25) is 0 Å². The molecule has 3 rings (SSSR count). The summed E-state index contributed by atoms with van der Waals surface area (Å²) in [5.74, 6) is 0.822. The highest BCUT2D eigenvalue weighted by molar-refractivity contribution is 5.92. The minimum Gasteiger partial charge on any atom is -0.491 e. The molecule has 160 valence electrons. The topological polar surface area (TPSA) is 74.8 Å². The molecule has 0 bridgehead atoms. The van der Waals surface area contributed by atoms with Crippen molar-refractivity contribution in [1.82, 2.24) is 20.1 Å². The van der Waals surface area contributed by atoms with Crippen LogP contribution in [-0.4, -0.2) is 72.0 Å². The summed E-state index contributed by atoms with van der Waals surface area (Å²) >= 11 is 0. The molecule has 2 aromatic rings. The summed E-state index contributed by atoms with van der Waals surface area (Å²) < 4.78 is 5.64. The number of benzene rings is 1. The quantitative estimate of drug-likeness (QED) is 0.720. The van der Waals surface area contributed by atoms with Crippen LogP contribution in [0.25, 0.3) is 0 Å². The second kappa shape index (κ2) is 10.7. The summed E-state index contributed by atoms with van der Waals surface area (Å²) in [5, 5.41) is 2.98. The lowest BCUT2D eigenvalue weighted by atomic mass is 10.1. The van der Waals surface area contributed by atoms with Crippen LogP contribution in [0.1, 0.15) is 29.9 Å². The van der Waals surface area contributed by atoms with Crippen LogP contribution in [-0.2, 0) is 11.2 Å². The van der Waals surface area contributed by atoms with Crippen molar-refractivity contribution in [3.8, 4) is 5.75 Å². The Hall–Kier alpha value is -2.93. The predicted octanol–water partition coefficient (Wildman–Crippen LogP) is 1.99. The van der Waals surface area contributed by atoms with Crippen LogP contribution in [0.5, 0.6) is 5.75 Å². The van der Waals surface area contributed by atoms with Crippen molar-refractivity contribution >= 4 is 11.8 Å². The van der Waals surface area contributed by atoms with Gasteiger partial charge in [-0.15, -0.1) is 0 Å². The Balaban J connectivity index is 1.34. The largest absolute Gasteiger partial charge is 0.491 e. The van der Waals surface area contributed by atoms with Crippen LogP contribution in [0.15, 0.2) is 48.7 Å². The summed E-state index contributed by atoms with van der Waals surface area (Å²) in [5.41, 5.74) is 1.63. The van der Waals surface area contributed by atoms with E-state index in [9.17, 15) is 9.59 Å². The molecule has 0 unspecified atom stereocenters. The minimum atomic E-state index is -0.0514. The Morgan fingerprint density at radius 2 is 1.80 bits per heavy atom. The third-order valence-corrected chi connectivity index (χ3v) is 4.94. The van der Waals surface area contributed by atoms with E-state index in [2.05, 4.69) is 15.2 Å². The van der Waals surface area contributed by atoms with Gasteiger partial charge in [0.05, 0.1) is 12.6 Å². The van der Waals surface area contributed by atoms with Crippen molar-refractivity contribution in [2.24, 2.45) is 0 Å². The van der Waals surface area contributed by atoms with Gasteiger partial charge in [0.25, 0.3) is 5.91 Å². The first-order valence-corrected chi connectivity index (χ1v) is 10.5. The minimum absolute atomic E-state index is 0.0132. The molecule has 1 N–H and O–H groups in total. The number of ether oxygens (including phenoxy) is 1. The van der Waals surface area contributed by atoms with Crippen LogP contribution in [0, 0.1) is 0 Å². The van der Waals surface area contributed by atoms with E-state index in [4.69, 9.17) is 4.74 Å². The SMILES string of the molecule is CC(C)Oc1ccc(CCNC(=O)CN2CCN(C(=O)c3ccccn3)CC2)cc1. The van der Waals surface area contributed by atoms with Crippen LogP contribution < -0.4 is 10.1 Å². The molecule has 0 aliphatic carbocycles. The van der Waals surface area contributed by atoms with Crippen molar-refractivity contribution < 1.29 is 14.3 Å². The highest BCUT2D eigenvalue weighted by atomic mass is 16.5. The summed E-state index contributed by atoms with van der Waals surface area (Å²) in [7, 11) is 0. The zero-order valence-electron chi connectivity index (χ0n) is 17.7. The van der Waals surface area contributed by atoms with E-state index in [-0.39, 0.29) is 17.9 Å². The lowest BCUT2D eigenvalue weighted by molar-refractivity contribution is -0.122. The number of carbonyl (C=O) groups is 2. The fraction of sp³-hybridized carbons (Fsp3) is 0.435. The molecule has 2 heterocycles. The second-order valence-electron chi connectivity index (χ2n) is 7.69. The van der Waals surface area contributed by atoms with Crippen molar-refractivity contribution in [3.05, 3.63) is 59.9 Å². The van der Waals surface area contributed by atoms with Gasteiger partial charge in [0.1, 0.15) is 11.4 Å². The summed E-state index contributed by atoms with van der Waals surface area (Å²) in [6, 6.07) is 13.3. The number of pyridine rings is 1. The number of aromatic nitrogens is 1. The maximum atomic E-state index is 12.4. The number of nitrogens with one attached hydrogen (secondary N) is 1. The Morgan fingerprint density at radius 1 is 1.07 bits per heavy atom. The highest BCUT2D eigenvalue weighted by Crippen LogP contribution is 2.14. The van der Waals surface area contributed by atoms with Gasteiger partial charge in [-0.1, -0.05) is 18.2 Å². The summed E-state index contributed by atoms with van der Waals surface area (Å²) in [4.78, 5) is 32.7. The van der Waals surface area contributed by atoms with Gasteiger partial charge in [-0.2, -0.15) is 0 Å². The first-order valence-electron chi connectivity index (χ1n) is 10.5. The molecule has 1 fully saturated rings. The molecule has 1 aliphatic rings. The molecular weight excluding hydrogens is 380 g/mol. The van der Waals surface area contributed by atoms with E-state index in [0.29, 0.717) is 45.0 Å². The Labute approximate surface area is 178 Å². The van der Waals surface area contributed by atoms with Crippen molar-refractivity contribution in [2.45, 2.75) is 26.4 Å². The van der Waals surface area contributed by atoms with Gasteiger partial charge in [0.2, 0.25) is 5.91 Å². The summed E-state index contributed by atoms with van der Waals surface area (Å²) in [6.45, 7) is 7.53. The first kappa shape index (κ1) is 21.8. The number of hydrogen-bond acceptors (Lipinski definition) is 5. The van der Waals surface area contributed by atoms with Gasteiger partial charge >= 0.3 is 0 Å². The van der Waals surface area contributed by atoms with Gasteiger partial charge in [-0.05, 0) is 50.1 Å². The van der Waals surface area contributed by atoms with E-state index in [1.165, 1.54) is 0 Å². The van der Waals surface area contributed by atoms with E-state index >= 15 is 0 Å². The number of amides is 2. The Bertz CT molecular complexity index is 816. The maximum absolute atomic E-state index is 12.4. The molecule has 1 saturated heterocycles. The molecular formula is C23H30N4O3. The van der Waals surface area contributed by atoms with Gasteiger partial charge in [0, 0.05) is 38.9 Å². The molecule has 0 atom stereocenters. The normalized spacial score (nSPS) is 14.6. The average molecular weight is 411 g/mol. The fourth-order valence-corrected chi connectivity index (χ4v) is 3.37. The molecule has 1 aliphatic heterocycles. The molecule has 0 radical (unpaired) electrons. The monoisotopic (exact) mass is 410 g/mol. The zero-order valence-corrected chi connectivity index (χ0v) is 17.7. The Morgan fingerprint density at radius 3 is 2.43 bits per heavy atom. The lowest BCUT2D eigenvalue weighted by Gasteiger charge is -2.34. The van der Waals surface area contributed by atoms with Gasteiger partial charge in [-0.25, -0.2) is 0 Å². The maximum Gasteiger partial charge on any atom is 0.272 e. The molecule has 0 spiro atoms. The molecule has 1 aromatic heterocycles. The van der Waals surface area contributed by atoms with E-state index in [1.807, 2.05) is 44.2 Å². The Kier molecular flexibility index (Phi) is 7.79. The number of hydrogen-bond donors (Lipinski definition) is 1. The van der Waals surface area contributed by atoms with Crippen LogP contribution in [0.3, 0.4) is 0 Å². The number of nitrogens with zero attached hydrogens (tertiary/aromatic N) is 3. The van der Waals surface area contributed by atoms with Gasteiger partial charge in [0.15, 0.2) is 0 Å². The standard InChI is InChI=1S/C23H30N4O3/c1-18(2)30-20-8-6-19(7-9-20)10-12-25-22(28)17-26-13-15-27(16-14-26)23(29)21-5-3-4-11-24-21/h3-9,11,18H,10,12-17H2,1-2H3,(H,25,28). The number of piperazine rings is 1.